The molecular weight excluding hydrogens is 314 g/mol. The molecule has 0 saturated heterocycles. The second-order valence-electron chi connectivity index (χ2n) is 5.82. The number of carbonyl (C=O) groups is 2. The van der Waals surface area contributed by atoms with Crippen LogP contribution in [0.2, 0.25) is 0 Å². The van der Waals surface area contributed by atoms with Crippen molar-refractivity contribution in [1.82, 2.24) is 4.90 Å². The summed E-state index contributed by atoms with van der Waals surface area (Å²) in [5.74, 6) is -1.19. The molecule has 0 aliphatic rings. The van der Waals surface area contributed by atoms with Crippen LogP contribution in [0.5, 0.6) is 0 Å². The van der Waals surface area contributed by atoms with Gasteiger partial charge in [-0.1, -0.05) is 30.3 Å². The molecule has 5 heteroatoms. The largest absolute Gasteiger partial charge is 0.372 e. The van der Waals surface area contributed by atoms with Gasteiger partial charge in [0.25, 0.3) is 0 Å². The lowest BCUT2D eigenvalue weighted by molar-refractivity contribution is -0.142. The van der Waals surface area contributed by atoms with E-state index in [1.807, 2.05) is 54.6 Å². The zero-order valence-electron chi connectivity index (χ0n) is 15.0. The number of likely N-dealkylation sites (N-methyl/N-ethyl adjacent to an activating group) is 1. The second kappa shape index (κ2) is 8.87. The molecule has 0 bridgehead atoms. The maximum atomic E-state index is 12.2. The predicted molar refractivity (Wildman–Crippen MR) is 102 cm³/mol. The molecule has 2 amide bonds. The highest BCUT2D eigenvalue weighted by Gasteiger charge is 2.19. The highest BCUT2D eigenvalue weighted by atomic mass is 16.2. The molecule has 0 fully saturated rings. The Hall–Kier alpha value is -2.82. The number of nitrogens with zero attached hydrogens (tertiary/aromatic N) is 2. The summed E-state index contributed by atoms with van der Waals surface area (Å²) in [4.78, 5) is 28.0. The van der Waals surface area contributed by atoms with Gasteiger partial charge in [0.05, 0.1) is 0 Å². The van der Waals surface area contributed by atoms with Gasteiger partial charge in [-0.05, 0) is 43.7 Å². The molecule has 5 nitrogen and oxygen atoms in total. The maximum Gasteiger partial charge on any atom is 0.313 e. The quantitative estimate of drug-likeness (QED) is 0.823. The van der Waals surface area contributed by atoms with E-state index in [2.05, 4.69) is 24.1 Å². The molecule has 25 heavy (non-hydrogen) atoms. The Morgan fingerprint density at radius 1 is 0.920 bits per heavy atom. The minimum atomic E-state index is -0.631. The molecule has 0 heterocycles. The third-order valence-electron chi connectivity index (χ3n) is 4.06. The van der Waals surface area contributed by atoms with Gasteiger partial charge in [0.1, 0.15) is 0 Å². The zero-order chi connectivity index (χ0) is 18.2. The first-order chi connectivity index (χ1) is 12.0. The molecule has 2 aromatic rings. The number of carbonyl (C=O) groups excluding carboxylic acids is 2. The first-order valence-electron chi connectivity index (χ1n) is 8.50. The number of rotatable bonds is 6. The summed E-state index contributed by atoms with van der Waals surface area (Å²) >= 11 is 0. The van der Waals surface area contributed by atoms with Crippen LogP contribution in [0.25, 0.3) is 0 Å². The summed E-state index contributed by atoms with van der Waals surface area (Å²) in [7, 11) is 1.62. The van der Waals surface area contributed by atoms with E-state index in [4.69, 9.17) is 0 Å². The SMILES string of the molecule is CCN(CC)c1ccc(NC(=O)C(=O)N(C)Cc2ccccc2)cc1. The molecule has 132 valence electrons. The van der Waals surface area contributed by atoms with E-state index in [0.29, 0.717) is 12.2 Å². The van der Waals surface area contributed by atoms with E-state index in [-0.39, 0.29) is 0 Å². The van der Waals surface area contributed by atoms with E-state index in [9.17, 15) is 9.59 Å². The minimum Gasteiger partial charge on any atom is -0.372 e. The second-order valence-corrected chi connectivity index (χ2v) is 5.82. The lowest BCUT2D eigenvalue weighted by atomic mass is 10.2. The molecule has 0 aromatic heterocycles. The number of benzene rings is 2. The fourth-order valence-electron chi connectivity index (χ4n) is 2.63. The molecule has 0 saturated carbocycles. The molecule has 0 atom stereocenters. The van der Waals surface area contributed by atoms with Crippen molar-refractivity contribution in [3.8, 4) is 0 Å². The van der Waals surface area contributed by atoms with Gasteiger partial charge in [-0.25, -0.2) is 0 Å². The van der Waals surface area contributed by atoms with Gasteiger partial charge in [-0.3, -0.25) is 9.59 Å². The van der Waals surface area contributed by atoms with Gasteiger partial charge in [0.2, 0.25) is 0 Å². The van der Waals surface area contributed by atoms with E-state index in [1.54, 1.807) is 7.05 Å². The number of hydrogen-bond acceptors (Lipinski definition) is 3. The van der Waals surface area contributed by atoms with Gasteiger partial charge in [-0.2, -0.15) is 0 Å². The van der Waals surface area contributed by atoms with Gasteiger partial charge in [0.15, 0.2) is 0 Å². The Bertz CT molecular complexity index is 695. The van der Waals surface area contributed by atoms with E-state index in [1.165, 1.54) is 4.90 Å². The Kier molecular flexibility index (Phi) is 6.57. The number of nitrogens with one attached hydrogen (secondary N) is 1. The van der Waals surface area contributed by atoms with Gasteiger partial charge < -0.3 is 15.1 Å². The van der Waals surface area contributed by atoms with Crippen molar-refractivity contribution in [2.75, 3.05) is 30.4 Å². The highest BCUT2D eigenvalue weighted by Crippen LogP contribution is 2.17. The Labute approximate surface area is 149 Å². The third kappa shape index (κ3) is 5.08. The van der Waals surface area contributed by atoms with Gasteiger partial charge in [0, 0.05) is 38.1 Å². The molecule has 0 aliphatic heterocycles. The van der Waals surface area contributed by atoms with Crippen LogP contribution in [-0.4, -0.2) is 36.9 Å². The van der Waals surface area contributed by atoms with Crippen LogP contribution in [-0.2, 0) is 16.1 Å². The summed E-state index contributed by atoms with van der Waals surface area (Å²) in [6.45, 7) is 6.44. The van der Waals surface area contributed by atoms with Crippen LogP contribution in [0.15, 0.2) is 54.6 Å². The molecule has 0 aliphatic carbocycles. The monoisotopic (exact) mass is 339 g/mol. The summed E-state index contributed by atoms with van der Waals surface area (Å²) in [5.41, 5.74) is 2.69. The Morgan fingerprint density at radius 3 is 2.08 bits per heavy atom. The van der Waals surface area contributed by atoms with E-state index >= 15 is 0 Å². The fourth-order valence-corrected chi connectivity index (χ4v) is 2.63. The van der Waals surface area contributed by atoms with E-state index in [0.717, 1.165) is 24.3 Å². The molecule has 2 aromatic carbocycles. The number of amides is 2. The summed E-state index contributed by atoms with van der Waals surface area (Å²) in [6, 6.07) is 17.1. The Morgan fingerprint density at radius 2 is 1.52 bits per heavy atom. The average Bonchev–Trinajstić information content (AvgIpc) is 2.64. The van der Waals surface area contributed by atoms with E-state index < -0.39 is 11.8 Å². The first-order valence-corrected chi connectivity index (χ1v) is 8.50. The van der Waals surface area contributed by atoms with Crippen molar-refractivity contribution in [2.45, 2.75) is 20.4 Å². The Balaban J connectivity index is 1.95. The van der Waals surface area contributed by atoms with Gasteiger partial charge in [-0.15, -0.1) is 0 Å². The number of hydrogen-bond donors (Lipinski definition) is 1. The summed E-state index contributed by atoms with van der Waals surface area (Å²) in [6.07, 6.45) is 0. The summed E-state index contributed by atoms with van der Waals surface area (Å²) < 4.78 is 0. The fraction of sp³-hybridized carbons (Fsp3) is 0.300. The maximum absolute atomic E-state index is 12.2. The standard InChI is InChI=1S/C20H25N3O2/c1-4-23(5-2)18-13-11-17(12-14-18)21-19(24)20(25)22(3)15-16-9-7-6-8-10-16/h6-14H,4-5,15H2,1-3H3,(H,21,24). The van der Waals surface area contributed by atoms with Gasteiger partial charge >= 0.3 is 11.8 Å². The van der Waals surface area contributed by atoms with Crippen molar-refractivity contribution in [2.24, 2.45) is 0 Å². The topological polar surface area (TPSA) is 52.7 Å². The highest BCUT2D eigenvalue weighted by molar-refractivity contribution is 6.39. The van der Waals surface area contributed by atoms with Crippen LogP contribution in [0, 0.1) is 0 Å². The van der Waals surface area contributed by atoms with Crippen molar-refractivity contribution >= 4 is 23.2 Å². The molecular formula is C20H25N3O2. The number of anilines is 2. The molecule has 0 unspecified atom stereocenters. The summed E-state index contributed by atoms with van der Waals surface area (Å²) in [5, 5.41) is 2.66. The lowest BCUT2D eigenvalue weighted by Gasteiger charge is -2.21. The van der Waals surface area contributed by atoms with Crippen molar-refractivity contribution < 1.29 is 9.59 Å². The molecule has 2 rings (SSSR count). The first kappa shape index (κ1) is 18.5. The van der Waals surface area contributed by atoms with Crippen LogP contribution in [0.3, 0.4) is 0 Å². The normalized spacial score (nSPS) is 10.2. The molecule has 1 N–H and O–H groups in total. The van der Waals surface area contributed by atoms with Crippen LogP contribution in [0.1, 0.15) is 19.4 Å². The minimum absolute atomic E-state index is 0.397. The van der Waals surface area contributed by atoms with Crippen molar-refractivity contribution in [1.29, 1.82) is 0 Å². The van der Waals surface area contributed by atoms with Crippen LogP contribution in [0.4, 0.5) is 11.4 Å². The van der Waals surface area contributed by atoms with Crippen LogP contribution >= 0.6 is 0 Å². The smallest absolute Gasteiger partial charge is 0.313 e. The average molecular weight is 339 g/mol. The third-order valence-corrected chi connectivity index (χ3v) is 4.06. The predicted octanol–water partition coefficient (Wildman–Crippen LogP) is 3.13. The molecule has 0 spiro atoms. The molecule has 0 radical (unpaired) electrons. The lowest BCUT2D eigenvalue weighted by Crippen LogP contribution is -2.36. The van der Waals surface area contributed by atoms with Crippen LogP contribution < -0.4 is 10.2 Å². The zero-order valence-corrected chi connectivity index (χ0v) is 15.0. The van der Waals surface area contributed by atoms with Crippen molar-refractivity contribution in [3.05, 3.63) is 60.2 Å². The van der Waals surface area contributed by atoms with Crippen molar-refractivity contribution in [3.63, 3.8) is 0 Å².